The van der Waals surface area contributed by atoms with E-state index in [-0.39, 0.29) is 12.0 Å². The van der Waals surface area contributed by atoms with Crippen molar-refractivity contribution in [3.63, 3.8) is 0 Å². The highest BCUT2D eigenvalue weighted by Crippen LogP contribution is 2.29. The summed E-state index contributed by atoms with van der Waals surface area (Å²) >= 11 is 0. The molecule has 2 aliphatic rings. The number of rotatable bonds is 2. The molecule has 1 unspecified atom stereocenters. The predicted molar refractivity (Wildman–Crippen MR) is 62.2 cm³/mol. The average molecular weight is 234 g/mol. The summed E-state index contributed by atoms with van der Waals surface area (Å²) in [5, 5.41) is 9.70. The molecule has 1 atom stereocenters. The molecule has 2 heterocycles. The minimum absolute atomic E-state index is 0.0147. The Morgan fingerprint density at radius 3 is 3.06 bits per heavy atom. The Bertz CT molecular complexity index is 592. The van der Waals surface area contributed by atoms with E-state index in [1.54, 1.807) is 0 Å². The first-order valence-corrected chi connectivity index (χ1v) is 5.71. The van der Waals surface area contributed by atoms with Gasteiger partial charge in [-0.2, -0.15) is 0 Å². The third kappa shape index (κ3) is 1.56. The molecule has 3 rings (SSSR count). The highest BCUT2D eigenvalue weighted by molar-refractivity contribution is 5.61. The molecule has 0 fully saturated rings. The van der Waals surface area contributed by atoms with Gasteiger partial charge < -0.3 is 19.0 Å². The summed E-state index contributed by atoms with van der Waals surface area (Å²) in [5.41, 5.74) is 2.91. The summed E-state index contributed by atoms with van der Waals surface area (Å²) in [6.45, 7) is 3.85. The van der Waals surface area contributed by atoms with Crippen molar-refractivity contribution in [1.82, 2.24) is 0 Å². The third-order valence-corrected chi connectivity index (χ3v) is 2.78. The van der Waals surface area contributed by atoms with Gasteiger partial charge in [0.2, 0.25) is 11.7 Å². The van der Waals surface area contributed by atoms with Gasteiger partial charge in [-0.3, -0.25) is 0 Å². The standard InChI is InChI=1S/C13H14O4/c1-7(2)15-13-10-8-5-3-4-6-9(8)16-11(10)12(14)17-13/h3,5-7,13-14H,4H2,1-2H3. The van der Waals surface area contributed by atoms with Crippen LogP contribution in [-0.4, -0.2) is 11.2 Å². The predicted octanol–water partition coefficient (Wildman–Crippen LogP) is 1.55. The smallest absolute Gasteiger partial charge is 0.324 e. The Balaban J connectivity index is 2.15. The number of hydrogen-bond donors (Lipinski definition) is 1. The summed E-state index contributed by atoms with van der Waals surface area (Å²) < 4.78 is 16.5. The van der Waals surface area contributed by atoms with Gasteiger partial charge in [0, 0.05) is 5.56 Å². The maximum Gasteiger partial charge on any atom is 0.324 e. The van der Waals surface area contributed by atoms with Crippen LogP contribution in [0.2, 0.25) is 0 Å². The van der Waals surface area contributed by atoms with Crippen LogP contribution in [-0.2, 0) is 9.47 Å². The molecule has 0 amide bonds. The maximum atomic E-state index is 9.70. The zero-order valence-corrected chi connectivity index (χ0v) is 9.77. The van der Waals surface area contributed by atoms with Gasteiger partial charge in [0.05, 0.1) is 11.7 Å². The quantitative estimate of drug-likeness (QED) is 0.843. The Hall–Kier alpha value is -1.68. The molecular weight excluding hydrogens is 220 g/mol. The Kier molecular flexibility index (Phi) is 2.26. The highest BCUT2D eigenvalue weighted by atomic mass is 16.7. The molecule has 0 aromatic carbocycles. The van der Waals surface area contributed by atoms with E-state index < -0.39 is 6.29 Å². The van der Waals surface area contributed by atoms with E-state index in [4.69, 9.17) is 13.9 Å². The molecule has 1 aromatic rings. The molecular formula is C13H14O4. The molecule has 0 bridgehead atoms. The van der Waals surface area contributed by atoms with Crippen LogP contribution in [0.5, 0.6) is 0 Å². The number of furan rings is 1. The zero-order valence-electron chi connectivity index (χ0n) is 9.77. The molecule has 90 valence electrons. The van der Waals surface area contributed by atoms with Crippen LogP contribution in [0.1, 0.15) is 37.7 Å². The summed E-state index contributed by atoms with van der Waals surface area (Å²) in [7, 11) is 0. The molecule has 0 radical (unpaired) electrons. The minimum atomic E-state index is -0.575. The number of aliphatic hydroxyl groups excluding tert-OH is 1. The first-order chi connectivity index (χ1) is 8.16. The van der Waals surface area contributed by atoms with Gasteiger partial charge >= 0.3 is 5.95 Å². The maximum absolute atomic E-state index is 9.70. The minimum Gasteiger partial charge on any atom is -0.478 e. The molecule has 0 saturated heterocycles. The van der Waals surface area contributed by atoms with Crippen LogP contribution in [0.15, 0.2) is 10.5 Å². The van der Waals surface area contributed by atoms with Crippen molar-refractivity contribution in [3.05, 3.63) is 28.0 Å². The lowest BCUT2D eigenvalue weighted by Crippen LogP contribution is -2.13. The monoisotopic (exact) mass is 234 g/mol. The normalized spacial score (nSPS) is 21.1. The lowest BCUT2D eigenvalue weighted by Gasteiger charge is -2.16. The second-order valence-corrected chi connectivity index (χ2v) is 4.40. The van der Waals surface area contributed by atoms with Crippen LogP contribution >= 0.6 is 0 Å². The Morgan fingerprint density at radius 2 is 2.29 bits per heavy atom. The molecule has 0 spiro atoms. The Labute approximate surface area is 98.5 Å². The first-order valence-electron chi connectivity index (χ1n) is 5.71. The van der Waals surface area contributed by atoms with E-state index in [1.165, 1.54) is 0 Å². The fraction of sp³-hybridized carbons (Fsp3) is 0.385. The van der Waals surface area contributed by atoms with Crippen LogP contribution in [0.25, 0.3) is 18.1 Å². The van der Waals surface area contributed by atoms with Crippen molar-refractivity contribution in [3.8, 4) is 0 Å². The summed E-state index contributed by atoms with van der Waals surface area (Å²) in [4.78, 5) is 0. The van der Waals surface area contributed by atoms with Crippen LogP contribution in [0, 0.1) is 0 Å². The van der Waals surface area contributed by atoms with E-state index in [9.17, 15) is 5.11 Å². The second kappa shape index (κ2) is 3.67. The van der Waals surface area contributed by atoms with Crippen molar-refractivity contribution in [2.75, 3.05) is 0 Å². The highest BCUT2D eigenvalue weighted by Gasteiger charge is 2.32. The molecule has 1 aromatic heterocycles. The summed E-state index contributed by atoms with van der Waals surface area (Å²) in [6, 6.07) is 0. The van der Waals surface area contributed by atoms with Gasteiger partial charge in [-0.15, -0.1) is 0 Å². The lowest BCUT2D eigenvalue weighted by atomic mass is 10.1. The number of ether oxygens (including phenoxy) is 2. The van der Waals surface area contributed by atoms with Gasteiger partial charge in [0.15, 0.2) is 0 Å². The van der Waals surface area contributed by atoms with Crippen molar-refractivity contribution >= 4 is 18.1 Å². The lowest BCUT2D eigenvalue weighted by molar-refractivity contribution is -0.133. The number of fused-ring (bicyclic) bond motifs is 3. The molecule has 4 heteroatoms. The first kappa shape index (κ1) is 10.5. The van der Waals surface area contributed by atoms with Gasteiger partial charge in [-0.05, 0) is 26.3 Å². The zero-order chi connectivity index (χ0) is 12.0. The van der Waals surface area contributed by atoms with Gasteiger partial charge in [-0.1, -0.05) is 12.2 Å². The fourth-order valence-corrected chi connectivity index (χ4v) is 2.11. The molecule has 1 N–H and O–H groups in total. The van der Waals surface area contributed by atoms with Crippen LogP contribution in [0.4, 0.5) is 0 Å². The summed E-state index contributed by atoms with van der Waals surface area (Å²) in [5.74, 6) is -0.193. The van der Waals surface area contributed by atoms with Crippen molar-refractivity contribution in [2.45, 2.75) is 32.7 Å². The number of hydrogen-bond acceptors (Lipinski definition) is 4. The van der Waals surface area contributed by atoms with E-state index in [0.29, 0.717) is 5.42 Å². The van der Waals surface area contributed by atoms with Gasteiger partial charge in [0.1, 0.15) is 5.42 Å². The van der Waals surface area contributed by atoms with E-state index in [2.05, 4.69) is 0 Å². The van der Waals surface area contributed by atoms with Crippen molar-refractivity contribution < 1.29 is 19.0 Å². The summed E-state index contributed by atoms with van der Waals surface area (Å²) in [6.07, 6.45) is 6.29. The molecule has 0 saturated carbocycles. The van der Waals surface area contributed by atoms with Crippen LogP contribution < -0.4 is 10.8 Å². The fourth-order valence-electron chi connectivity index (χ4n) is 2.11. The van der Waals surface area contributed by atoms with Crippen molar-refractivity contribution in [2.24, 2.45) is 0 Å². The number of allylic oxidation sites excluding steroid dienone is 1. The topological polar surface area (TPSA) is 51.8 Å². The van der Waals surface area contributed by atoms with Crippen LogP contribution in [0.3, 0.4) is 0 Å². The molecule has 1 aliphatic carbocycles. The van der Waals surface area contributed by atoms with E-state index in [0.717, 1.165) is 23.0 Å². The second-order valence-electron chi connectivity index (χ2n) is 4.40. The van der Waals surface area contributed by atoms with E-state index in [1.807, 2.05) is 32.1 Å². The third-order valence-electron chi connectivity index (χ3n) is 2.78. The van der Waals surface area contributed by atoms with E-state index >= 15 is 0 Å². The molecule has 1 aliphatic heterocycles. The van der Waals surface area contributed by atoms with Crippen molar-refractivity contribution in [1.29, 1.82) is 0 Å². The molecule has 17 heavy (non-hydrogen) atoms. The SMILES string of the molecule is CC(C)OC1OC(O)=c2oc3c(c21)C=CCC=3. The largest absolute Gasteiger partial charge is 0.478 e. The average Bonchev–Trinajstić information content (AvgIpc) is 2.78. The van der Waals surface area contributed by atoms with Gasteiger partial charge in [0.25, 0.3) is 0 Å². The molecule has 4 nitrogen and oxygen atoms in total. The number of aliphatic hydroxyl groups is 1. The Morgan fingerprint density at radius 1 is 1.47 bits per heavy atom. The van der Waals surface area contributed by atoms with Gasteiger partial charge in [-0.25, -0.2) is 0 Å².